The smallest absolute Gasteiger partial charge is 0.119 e. The summed E-state index contributed by atoms with van der Waals surface area (Å²) in [6, 6.07) is 12.8. The van der Waals surface area contributed by atoms with Crippen molar-refractivity contribution < 1.29 is 4.74 Å². The first-order chi connectivity index (χ1) is 10.8. The monoisotopic (exact) mass is 300 g/mol. The summed E-state index contributed by atoms with van der Waals surface area (Å²) < 4.78 is 5.27. The summed E-state index contributed by atoms with van der Waals surface area (Å²) in [6.07, 6.45) is 1.20. The highest BCUT2D eigenvalue weighted by atomic mass is 16.5. The molecule has 0 saturated heterocycles. The van der Waals surface area contributed by atoms with E-state index in [4.69, 9.17) is 4.74 Å². The molecule has 0 heterocycles. The highest BCUT2D eigenvalue weighted by Crippen LogP contribution is 2.21. The van der Waals surface area contributed by atoms with Crippen LogP contribution in [0.2, 0.25) is 0 Å². The molecule has 0 unspecified atom stereocenters. The Morgan fingerprint density at radius 3 is 2.45 bits per heavy atom. The number of rotatable bonds is 9. The van der Waals surface area contributed by atoms with Gasteiger partial charge < -0.3 is 15.0 Å². The van der Waals surface area contributed by atoms with E-state index >= 15 is 0 Å². The molecule has 2 aromatic rings. The van der Waals surface area contributed by atoms with Crippen LogP contribution in [-0.4, -0.2) is 38.2 Å². The lowest BCUT2D eigenvalue weighted by molar-refractivity contribution is 0.298. The van der Waals surface area contributed by atoms with E-state index in [1.807, 2.05) is 6.07 Å². The maximum Gasteiger partial charge on any atom is 0.119 e. The topological polar surface area (TPSA) is 24.5 Å². The Labute approximate surface area is 134 Å². The third-order valence-electron chi connectivity index (χ3n) is 4.16. The Hall–Kier alpha value is -1.58. The first-order valence-electron chi connectivity index (χ1n) is 8.26. The summed E-state index contributed by atoms with van der Waals surface area (Å²) in [5, 5.41) is 6.03. The van der Waals surface area contributed by atoms with Crippen molar-refractivity contribution in [3.8, 4) is 5.75 Å². The highest BCUT2D eigenvalue weighted by Gasteiger charge is 2.00. The second-order valence-electron chi connectivity index (χ2n) is 5.60. The summed E-state index contributed by atoms with van der Waals surface area (Å²) in [6.45, 7) is 9.91. The largest absolute Gasteiger partial charge is 0.497 e. The fourth-order valence-corrected chi connectivity index (χ4v) is 2.71. The molecule has 0 aliphatic rings. The summed E-state index contributed by atoms with van der Waals surface area (Å²) in [4.78, 5) is 2.46. The van der Waals surface area contributed by atoms with Gasteiger partial charge in [-0.25, -0.2) is 0 Å². The van der Waals surface area contributed by atoms with E-state index in [2.05, 4.69) is 54.4 Å². The van der Waals surface area contributed by atoms with Crippen LogP contribution in [0.5, 0.6) is 5.75 Å². The Morgan fingerprint density at radius 2 is 1.73 bits per heavy atom. The van der Waals surface area contributed by atoms with Gasteiger partial charge in [-0.15, -0.1) is 0 Å². The van der Waals surface area contributed by atoms with Gasteiger partial charge in [0.25, 0.3) is 0 Å². The molecule has 0 saturated carbocycles. The van der Waals surface area contributed by atoms with Gasteiger partial charge in [-0.05, 0) is 67.1 Å². The van der Waals surface area contributed by atoms with Gasteiger partial charge in [-0.3, -0.25) is 0 Å². The predicted octanol–water partition coefficient (Wildman–Crippen LogP) is 3.67. The van der Waals surface area contributed by atoms with Crippen LogP contribution in [-0.2, 0) is 6.54 Å². The van der Waals surface area contributed by atoms with Crippen LogP contribution < -0.4 is 10.1 Å². The van der Waals surface area contributed by atoms with Gasteiger partial charge in [0.15, 0.2) is 0 Å². The normalized spacial score (nSPS) is 11.3. The van der Waals surface area contributed by atoms with Crippen molar-refractivity contribution in [2.45, 2.75) is 26.8 Å². The molecule has 2 aromatic carbocycles. The summed E-state index contributed by atoms with van der Waals surface area (Å²) in [7, 11) is 1.71. The highest BCUT2D eigenvalue weighted by molar-refractivity contribution is 5.84. The summed E-state index contributed by atoms with van der Waals surface area (Å²) in [5.74, 6) is 0.912. The number of methoxy groups -OCH3 is 1. The van der Waals surface area contributed by atoms with E-state index < -0.39 is 0 Å². The van der Waals surface area contributed by atoms with Crippen LogP contribution in [0.1, 0.15) is 25.8 Å². The molecule has 0 fully saturated rings. The molecular formula is C19H28N2O. The van der Waals surface area contributed by atoms with Crippen molar-refractivity contribution in [3.63, 3.8) is 0 Å². The molecule has 0 aromatic heterocycles. The molecule has 3 heteroatoms. The zero-order valence-corrected chi connectivity index (χ0v) is 14.1. The number of benzene rings is 2. The van der Waals surface area contributed by atoms with E-state index in [1.165, 1.54) is 29.3 Å². The lowest BCUT2D eigenvalue weighted by atomic mass is 10.1. The first kappa shape index (κ1) is 16.8. The van der Waals surface area contributed by atoms with Crippen LogP contribution in [0.25, 0.3) is 10.8 Å². The number of fused-ring (bicyclic) bond motifs is 1. The van der Waals surface area contributed by atoms with Crippen LogP contribution in [0.15, 0.2) is 36.4 Å². The third-order valence-corrected chi connectivity index (χ3v) is 4.16. The lowest BCUT2D eigenvalue weighted by Crippen LogP contribution is -2.27. The predicted molar refractivity (Wildman–Crippen MR) is 94.6 cm³/mol. The Bertz CT molecular complexity index is 579. The van der Waals surface area contributed by atoms with E-state index in [9.17, 15) is 0 Å². The number of nitrogens with zero attached hydrogens (tertiary/aromatic N) is 1. The number of hydrogen-bond acceptors (Lipinski definition) is 3. The molecule has 3 nitrogen and oxygen atoms in total. The number of ether oxygens (including phenoxy) is 1. The lowest BCUT2D eigenvalue weighted by Gasteiger charge is -2.17. The quantitative estimate of drug-likeness (QED) is 0.715. The minimum atomic E-state index is 0.912. The Kier molecular flexibility index (Phi) is 6.69. The van der Waals surface area contributed by atoms with E-state index in [-0.39, 0.29) is 0 Å². The fourth-order valence-electron chi connectivity index (χ4n) is 2.71. The second kappa shape index (κ2) is 8.76. The van der Waals surface area contributed by atoms with Gasteiger partial charge in [0.05, 0.1) is 7.11 Å². The number of nitrogens with one attached hydrogen (secondary N) is 1. The van der Waals surface area contributed by atoms with Crippen molar-refractivity contribution in [3.05, 3.63) is 42.0 Å². The average Bonchev–Trinajstić information content (AvgIpc) is 2.57. The molecule has 0 atom stereocenters. The molecule has 1 N–H and O–H groups in total. The molecule has 0 amide bonds. The van der Waals surface area contributed by atoms with E-state index in [1.54, 1.807) is 7.11 Å². The zero-order chi connectivity index (χ0) is 15.8. The minimum absolute atomic E-state index is 0.912. The molecule has 0 bridgehead atoms. The maximum absolute atomic E-state index is 5.27. The van der Waals surface area contributed by atoms with Crippen LogP contribution in [0, 0.1) is 0 Å². The van der Waals surface area contributed by atoms with Gasteiger partial charge in [-0.2, -0.15) is 0 Å². The van der Waals surface area contributed by atoms with Crippen molar-refractivity contribution >= 4 is 10.8 Å². The first-order valence-corrected chi connectivity index (χ1v) is 8.26. The molecule has 22 heavy (non-hydrogen) atoms. The van der Waals surface area contributed by atoms with Gasteiger partial charge in [-0.1, -0.05) is 32.0 Å². The Morgan fingerprint density at radius 1 is 1.00 bits per heavy atom. The van der Waals surface area contributed by atoms with E-state index in [0.717, 1.165) is 31.9 Å². The molecule has 120 valence electrons. The summed E-state index contributed by atoms with van der Waals surface area (Å²) in [5.41, 5.74) is 1.33. The molecule has 0 aliphatic carbocycles. The fraction of sp³-hybridized carbons (Fsp3) is 0.474. The molecule has 0 aliphatic heterocycles. The van der Waals surface area contributed by atoms with Crippen molar-refractivity contribution in [2.24, 2.45) is 0 Å². The SMILES string of the molecule is CCN(CC)CCCNCc1ccc2cc(OC)ccc2c1. The minimum Gasteiger partial charge on any atom is -0.497 e. The second-order valence-corrected chi connectivity index (χ2v) is 5.60. The molecular weight excluding hydrogens is 272 g/mol. The molecule has 0 spiro atoms. The van der Waals surface area contributed by atoms with Gasteiger partial charge in [0, 0.05) is 6.54 Å². The standard InChI is InChI=1S/C19H28N2O/c1-4-21(5-2)12-6-11-20-15-16-7-8-18-14-19(22-3)10-9-17(18)13-16/h7-10,13-14,20H,4-6,11-12,15H2,1-3H3. The van der Waals surface area contributed by atoms with Gasteiger partial charge in [0.2, 0.25) is 0 Å². The van der Waals surface area contributed by atoms with Crippen molar-refractivity contribution in [1.29, 1.82) is 0 Å². The maximum atomic E-state index is 5.27. The van der Waals surface area contributed by atoms with Crippen LogP contribution >= 0.6 is 0 Å². The van der Waals surface area contributed by atoms with Crippen molar-refractivity contribution in [1.82, 2.24) is 10.2 Å². The molecule has 0 radical (unpaired) electrons. The van der Waals surface area contributed by atoms with Gasteiger partial charge >= 0.3 is 0 Å². The molecule has 2 rings (SSSR count). The van der Waals surface area contributed by atoms with Crippen LogP contribution in [0.3, 0.4) is 0 Å². The van der Waals surface area contributed by atoms with Crippen LogP contribution in [0.4, 0.5) is 0 Å². The van der Waals surface area contributed by atoms with Gasteiger partial charge in [0.1, 0.15) is 5.75 Å². The zero-order valence-electron chi connectivity index (χ0n) is 14.1. The average molecular weight is 300 g/mol. The Balaban J connectivity index is 1.82. The summed E-state index contributed by atoms with van der Waals surface area (Å²) >= 11 is 0. The number of hydrogen-bond donors (Lipinski definition) is 1. The van der Waals surface area contributed by atoms with E-state index in [0.29, 0.717) is 0 Å². The van der Waals surface area contributed by atoms with Crippen molar-refractivity contribution in [2.75, 3.05) is 33.3 Å². The third kappa shape index (κ3) is 4.72.